The molecule has 3 nitrogen and oxygen atoms in total. The number of quaternary nitrogens is 1. The first-order chi connectivity index (χ1) is 12.9. The molecular formula is C22H29N2OS2+. The molecule has 3 rings (SSSR count). The van der Waals surface area contributed by atoms with E-state index in [4.69, 9.17) is 4.55 Å². The Hall–Kier alpha value is -1.40. The van der Waals surface area contributed by atoms with Crippen LogP contribution in [0.3, 0.4) is 0 Å². The minimum Gasteiger partial charge on any atom is -0.374 e. The third-order valence-corrected chi connectivity index (χ3v) is 6.94. The smallest absolute Gasteiger partial charge is 0.135 e. The fourth-order valence-corrected chi connectivity index (χ4v) is 4.91. The number of likely N-dealkylation sites (N-methyl/N-ethyl adjacent to an activating group) is 1. The van der Waals surface area contributed by atoms with Crippen molar-refractivity contribution in [1.29, 1.82) is 0 Å². The zero-order valence-corrected chi connectivity index (χ0v) is 18.1. The summed E-state index contributed by atoms with van der Waals surface area (Å²) in [5.41, 5.74) is 5.42. The molecule has 2 atom stereocenters. The fourth-order valence-electron chi connectivity index (χ4n) is 4.04. The Labute approximate surface area is 171 Å². The summed E-state index contributed by atoms with van der Waals surface area (Å²) >= 11 is 0.834. The lowest BCUT2D eigenvalue weighted by Crippen LogP contribution is -3.07. The molecule has 2 N–H and O–H groups in total. The summed E-state index contributed by atoms with van der Waals surface area (Å²) in [6.45, 7) is 5.60. The van der Waals surface area contributed by atoms with E-state index in [1.807, 2.05) is 0 Å². The van der Waals surface area contributed by atoms with Crippen molar-refractivity contribution in [1.82, 2.24) is 0 Å². The van der Waals surface area contributed by atoms with Gasteiger partial charge in [0.2, 0.25) is 0 Å². The van der Waals surface area contributed by atoms with Crippen LogP contribution < -0.4 is 9.80 Å². The molecule has 5 heteroatoms. The zero-order valence-electron chi connectivity index (χ0n) is 16.5. The molecule has 0 fully saturated rings. The van der Waals surface area contributed by atoms with Crippen molar-refractivity contribution in [3.8, 4) is 0 Å². The normalized spacial score (nSPS) is 20.8. The van der Waals surface area contributed by atoms with Gasteiger partial charge in [-0.3, -0.25) is 4.90 Å². The predicted molar refractivity (Wildman–Crippen MR) is 121 cm³/mol. The lowest BCUT2D eigenvalue weighted by molar-refractivity contribution is -0.828. The number of hydrogen-bond donors (Lipinski definition) is 2. The Morgan fingerprint density at radius 3 is 2.52 bits per heavy atom. The first-order valence-electron chi connectivity index (χ1n) is 9.31. The van der Waals surface area contributed by atoms with Gasteiger partial charge in [0.15, 0.2) is 0 Å². The van der Waals surface area contributed by atoms with Gasteiger partial charge in [0.1, 0.15) is 11.7 Å². The van der Waals surface area contributed by atoms with E-state index < -0.39 is 0 Å². The minimum atomic E-state index is 0.125. The summed E-state index contributed by atoms with van der Waals surface area (Å²) in [5, 5.41) is 0. The van der Waals surface area contributed by atoms with Crippen molar-refractivity contribution in [2.75, 3.05) is 31.3 Å². The van der Waals surface area contributed by atoms with Gasteiger partial charge in [-0.2, -0.15) is 0 Å². The number of anilines is 1. The maximum atomic E-state index is 8.80. The first-order valence-corrected chi connectivity index (χ1v) is 11.6. The van der Waals surface area contributed by atoms with Crippen LogP contribution in [-0.4, -0.2) is 37.0 Å². The molecule has 144 valence electrons. The molecule has 0 aromatic heterocycles. The van der Waals surface area contributed by atoms with E-state index in [1.54, 1.807) is 0 Å². The number of benzene rings is 2. The molecule has 0 amide bonds. The predicted octanol–water partition coefficient (Wildman–Crippen LogP) is 4.50. The van der Waals surface area contributed by atoms with Gasteiger partial charge in [-0.15, -0.1) is 0 Å². The third-order valence-electron chi connectivity index (χ3n) is 5.67. The van der Waals surface area contributed by atoms with Gasteiger partial charge in [0.25, 0.3) is 0 Å². The summed E-state index contributed by atoms with van der Waals surface area (Å²) in [5.74, 6) is 0.895. The quantitative estimate of drug-likeness (QED) is 0.406. The molecule has 0 saturated carbocycles. The average Bonchev–Trinajstić information content (AvgIpc) is 2.87. The van der Waals surface area contributed by atoms with E-state index in [1.165, 1.54) is 38.2 Å². The van der Waals surface area contributed by atoms with Gasteiger partial charge in [0.05, 0.1) is 23.5 Å². The number of fused-ring (bicyclic) bond motifs is 1. The van der Waals surface area contributed by atoms with E-state index >= 15 is 0 Å². The van der Waals surface area contributed by atoms with Crippen LogP contribution in [0.2, 0.25) is 0 Å². The molecular weight excluding hydrogens is 372 g/mol. The highest BCUT2D eigenvalue weighted by Gasteiger charge is 2.45. The van der Waals surface area contributed by atoms with E-state index in [0.29, 0.717) is 6.04 Å². The summed E-state index contributed by atoms with van der Waals surface area (Å²) in [6.07, 6.45) is 4.62. The first kappa shape index (κ1) is 20.3. The van der Waals surface area contributed by atoms with Crippen molar-refractivity contribution in [3.05, 3.63) is 65.7 Å². The van der Waals surface area contributed by atoms with Crippen LogP contribution in [0.15, 0.2) is 54.6 Å². The Kier molecular flexibility index (Phi) is 6.58. The van der Waals surface area contributed by atoms with Crippen LogP contribution in [0, 0.1) is 0 Å². The summed E-state index contributed by atoms with van der Waals surface area (Å²) in [6, 6.07) is 17.9. The van der Waals surface area contributed by atoms with Crippen molar-refractivity contribution >= 4 is 39.3 Å². The maximum absolute atomic E-state index is 8.80. The number of hydrogen-bond acceptors (Lipinski definition) is 4. The summed E-state index contributed by atoms with van der Waals surface area (Å²) in [7, 11) is 5.82. The molecule has 1 aliphatic rings. The van der Waals surface area contributed by atoms with Crippen molar-refractivity contribution in [2.24, 2.45) is 0 Å². The second-order valence-electron chi connectivity index (χ2n) is 7.70. The van der Waals surface area contributed by atoms with E-state index in [2.05, 4.69) is 93.5 Å². The lowest BCUT2D eigenvalue weighted by atomic mass is 9.80. The Bertz CT molecular complexity index is 789. The molecule has 2 aromatic rings. The van der Waals surface area contributed by atoms with Crippen LogP contribution in [0.25, 0.3) is 6.08 Å². The van der Waals surface area contributed by atoms with Crippen molar-refractivity contribution in [3.63, 3.8) is 0 Å². The monoisotopic (exact) mass is 401 g/mol. The molecule has 1 heterocycles. The topological polar surface area (TPSA) is 27.9 Å². The van der Waals surface area contributed by atoms with E-state index in [-0.39, 0.29) is 5.41 Å². The van der Waals surface area contributed by atoms with Gasteiger partial charge in [0, 0.05) is 30.6 Å². The fraction of sp³-hybridized carbons (Fsp3) is 0.364. The molecule has 0 saturated heterocycles. The second-order valence-corrected chi connectivity index (χ2v) is 9.64. The number of para-hydroxylation sites is 1. The number of nitrogens with one attached hydrogen (secondary N) is 1. The highest BCUT2D eigenvalue weighted by Crippen LogP contribution is 2.36. The molecule has 27 heavy (non-hydrogen) atoms. The molecule has 0 spiro atoms. The van der Waals surface area contributed by atoms with Gasteiger partial charge in [-0.1, -0.05) is 47.2 Å². The van der Waals surface area contributed by atoms with Gasteiger partial charge >= 0.3 is 0 Å². The second kappa shape index (κ2) is 8.74. The highest BCUT2D eigenvalue weighted by atomic mass is 33.1. The summed E-state index contributed by atoms with van der Waals surface area (Å²) < 4.78 is 8.80. The zero-order chi connectivity index (χ0) is 19.4. The maximum Gasteiger partial charge on any atom is 0.135 e. The molecule has 2 unspecified atom stereocenters. The van der Waals surface area contributed by atoms with Crippen LogP contribution in [0.4, 0.5) is 11.4 Å². The lowest BCUT2D eigenvalue weighted by Gasteiger charge is -2.25. The molecule has 0 aliphatic carbocycles. The van der Waals surface area contributed by atoms with Crippen LogP contribution in [0.1, 0.15) is 25.0 Å². The third kappa shape index (κ3) is 4.37. The molecule has 2 aromatic carbocycles. The Morgan fingerprint density at radius 2 is 1.85 bits per heavy atom. The average molecular weight is 402 g/mol. The van der Waals surface area contributed by atoms with E-state index in [0.717, 1.165) is 23.4 Å². The van der Waals surface area contributed by atoms with Gasteiger partial charge in [-0.25, -0.2) is 0 Å². The Balaban J connectivity index is 1.70. The standard InChI is InChI=1S/C22H28N2OS2/c1-22(2)19-7-5-6-8-20(19)24(4)21(22)14-11-17-9-12-18(13-10-17)23(3)15-16-26-27-25/h5-14,21,25H,15-16H2,1-4H3/p+1/b14-11+. The van der Waals surface area contributed by atoms with Crippen molar-refractivity contribution in [2.45, 2.75) is 25.3 Å². The van der Waals surface area contributed by atoms with Crippen LogP contribution >= 0.6 is 21.9 Å². The number of rotatable bonds is 7. The van der Waals surface area contributed by atoms with Crippen LogP contribution in [-0.2, 0) is 5.41 Å². The minimum absolute atomic E-state index is 0.125. The van der Waals surface area contributed by atoms with Crippen molar-refractivity contribution < 1.29 is 9.45 Å². The van der Waals surface area contributed by atoms with Gasteiger partial charge in [-0.05, 0) is 43.7 Å². The number of nitrogens with zero attached hydrogens (tertiary/aromatic N) is 1. The van der Waals surface area contributed by atoms with E-state index in [9.17, 15) is 0 Å². The van der Waals surface area contributed by atoms with Gasteiger partial charge < -0.3 is 9.45 Å². The molecule has 1 aliphatic heterocycles. The summed E-state index contributed by atoms with van der Waals surface area (Å²) in [4.78, 5) is 3.67. The Morgan fingerprint density at radius 1 is 1.15 bits per heavy atom. The largest absolute Gasteiger partial charge is 0.374 e. The molecule has 0 bridgehead atoms. The molecule has 0 radical (unpaired) electrons. The van der Waals surface area contributed by atoms with Crippen LogP contribution in [0.5, 0.6) is 0 Å². The SMILES string of the molecule is CN(CCSSO)c1ccc(/C=C/C2[NH+](C)c3ccccc3C2(C)C)cc1. The highest BCUT2D eigenvalue weighted by molar-refractivity contribution is 8.74.